The SMILES string of the molecule is Cc1ccccc1OC[C@@H]1CCCN(S(=O)(=O)N2CCN(C)CC2)C1. The number of para-hydroxylation sites is 1. The van der Waals surface area contributed by atoms with Gasteiger partial charge in [-0.05, 0) is 38.4 Å². The highest BCUT2D eigenvalue weighted by Gasteiger charge is 2.35. The third-order valence-corrected chi connectivity index (χ3v) is 7.17. The van der Waals surface area contributed by atoms with Crippen LogP contribution < -0.4 is 4.74 Å². The molecule has 0 aromatic heterocycles. The molecule has 1 aromatic rings. The molecule has 0 N–H and O–H groups in total. The first-order valence-electron chi connectivity index (χ1n) is 9.09. The minimum atomic E-state index is -3.35. The number of likely N-dealkylation sites (N-methyl/N-ethyl adjacent to an activating group) is 1. The van der Waals surface area contributed by atoms with Crippen molar-refractivity contribution in [1.29, 1.82) is 0 Å². The van der Waals surface area contributed by atoms with E-state index in [-0.39, 0.29) is 5.92 Å². The molecule has 2 heterocycles. The molecule has 0 unspecified atom stereocenters. The summed E-state index contributed by atoms with van der Waals surface area (Å²) in [7, 11) is -1.32. The maximum Gasteiger partial charge on any atom is 0.282 e. The van der Waals surface area contributed by atoms with E-state index in [1.54, 1.807) is 8.61 Å². The molecule has 2 saturated heterocycles. The van der Waals surface area contributed by atoms with Crippen molar-refractivity contribution in [3.8, 4) is 5.75 Å². The summed E-state index contributed by atoms with van der Waals surface area (Å²) >= 11 is 0. The lowest BCUT2D eigenvalue weighted by molar-refractivity contribution is 0.165. The number of hydrogen-bond acceptors (Lipinski definition) is 4. The summed E-state index contributed by atoms with van der Waals surface area (Å²) in [6.45, 7) is 6.54. The number of rotatable bonds is 5. The molecule has 0 amide bonds. The van der Waals surface area contributed by atoms with E-state index in [2.05, 4.69) is 4.90 Å². The van der Waals surface area contributed by atoms with E-state index in [0.717, 1.165) is 37.2 Å². The fraction of sp³-hybridized carbons (Fsp3) is 0.667. The van der Waals surface area contributed by atoms with Crippen LogP contribution in [0.15, 0.2) is 24.3 Å². The summed E-state index contributed by atoms with van der Waals surface area (Å²) in [5, 5.41) is 0. The number of benzene rings is 1. The van der Waals surface area contributed by atoms with Crippen molar-refractivity contribution >= 4 is 10.2 Å². The fourth-order valence-electron chi connectivity index (χ4n) is 3.48. The van der Waals surface area contributed by atoms with Crippen molar-refractivity contribution < 1.29 is 13.2 Å². The van der Waals surface area contributed by atoms with Crippen LogP contribution in [0.4, 0.5) is 0 Å². The third-order valence-electron chi connectivity index (χ3n) is 5.16. The van der Waals surface area contributed by atoms with E-state index in [4.69, 9.17) is 4.74 Å². The van der Waals surface area contributed by atoms with Gasteiger partial charge in [-0.15, -0.1) is 0 Å². The lowest BCUT2D eigenvalue weighted by Gasteiger charge is -2.38. The first kappa shape index (κ1) is 18.6. The average molecular weight is 368 g/mol. The van der Waals surface area contributed by atoms with Crippen LogP contribution in [-0.4, -0.2) is 74.9 Å². The smallest absolute Gasteiger partial charge is 0.282 e. The number of aryl methyl sites for hydroxylation is 1. The van der Waals surface area contributed by atoms with Gasteiger partial charge in [0.25, 0.3) is 10.2 Å². The number of nitrogens with zero attached hydrogens (tertiary/aromatic N) is 3. The molecular formula is C18H29N3O3S. The molecule has 25 heavy (non-hydrogen) atoms. The standard InChI is InChI=1S/C18H29N3O3S/c1-16-6-3-4-8-18(16)24-15-17-7-5-9-21(14-17)25(22,23)20-12-10-19(2)11-13-20/h3-4,6,8,17H,5,7,9-15H2,1-2H3/t17-/m1/s1. The van der Waals surface area contributed by atoms with Gasteiger partial charge in [0.05, 0.1) is 6.61 Å². The Morgan fingerprint density at radius 1 is 1.08 bits per heavy atom. The molecule has 1 aromatic carbocycles. The molecule has 0 saturated carbocycles. The van der Waals surface area contributed by atoms with Gasteiger partial charge in [-0.3, -0.25) is 0 Å². The summed E-state index contributed by atoms with van der Waals surface area (Å²) < 4.78 is 35.1. The molecule has 7 heteroatoms. The van der Waals surface area contributed by atoms with Crippen LogP contribution in [0.2, 0.25) is 0 Å². The van der Waals surface area contributed by atoms with Crippen LogP contribution in [0.3, 0.4) is 0 Å². The fourth-order valence-corrected chi connectivity index (χ4v) is 5.19. The molecule has 2 fully saturated rings. The second kappa shape index (κ2) is 8.03. The summed E-state index contributed by atoms with van der Waals surface area (Å²) in [6.07, 6.45) is 1.91. The monoisotopic (exact) mass is 367 g/mol. The Kier molecular flexibility index (Phi) is 5.99. The average Bonchev–Trinajstić information content (AvgIpc) is 2.62. The normalized spacial score (nSPS) is 24.3. The van der Waals surface area contributed by atoms with Crippen LogP contribution in [0.25, 0.3) is 0 Å². The minimum absolute atomic E-state index is 0.246. The summed E-state index contributed by atoms with van der Waals surface area (Å²) in [4.78, 5) is 2.17. The van der Waals surface area contributed by atoms with E-state index in [1.807, 2.05) is 38.2 Å². The lowest BCUT2D eigenvalue weighted by Crippen LogP contribution is -2.54. The number of hydrogen-bond donors (Lipinski definition) is 0. The predicted octanol–water partition coefficient (Wildman–Crippen LogP) is 1.58. The first-order chi connectivity index (χ1) is 12.0. The van der Waals surface area contributed by atoms with Crippen molar-refractivity contribution in [1.82, 2.24) is 13.5 Å². The Balaban J connectivity index is 1.58. The number of piperidine rings is 1. The van der Waals surface area contributed by atoms with E-state index in [1.165, 1.54) is 0 Å². The summed E-state index contributed by atoms with van der Waals surface area (Å²) in [5.41, 5.74) is 1.11. The Morgan fingerprint density at radius 2 is 1.80 bits per heavy atom. The lowest BCUT2D eigenvalue weighted by atomic mass is 10.0. The Bertz CT molecular complexity index is 672. The largest absolute Gasteiger partial charge is 0.493 e. The van der Waals surface area contributed by atoms with E-state index in [0.29, 0.717) is 32.8 Å². The molecule has 6 nitrogen and oxygen atoms in total. The first-order valence-corrected chi connectivity index (χ1v) is 10.5. The highest BCUT2D eigenvalue weighted by atomic mass is 32.2. The van der Waals surface area contributed by atoms with E-state index in [9.17, 15) is 8.42 Å². The van der Waals surface area contributed by atoms with Gasteiger partial charge in [-0.2, -0.15) is 17.0 Å². The zero-order valence-electron chi connectivity index (χ0n) is 15.2. The van der Waals surface area contributed by atoms with Crippen LogP contribution in [0.1, 0.15) is 18.4 Å². The number of piperazine rings is 1. The van der Waals surface area contributed by atoms with Crippen molar-refractivity contribution in [2.45, 2.75) is 19.8 Å². The van der Waals surface area contributed by atoms with Crippen LogP contribution in [0, 0.1) is 12.8 Å². The van der Waals surface area contributed by atoms with Gasteiger partial charge in [0.1, 0.15) is 5.75 Å². The highest BCUT2D eigenvalue weighted by Crippen LogP contribution is 2.24. The van der Waals surface area contributed by atoms with Gasteiger partial charge >= 0.3 is 0 Å². The summed E-state index contributed by atoms with van der Waals surface area (Å²) in [6, 6.07) is 7.96. The van der Waals surface area contributed by atoms with Crippen molar-refractivity contribution in [3.63, 3.8) is 0 Å². The Morgan fingerprint density at radius 3 is 2.52 bits per heavy atom. The molecule has 2 aliphatic heterocycles. The second-order valence-corrected chi connectivity index (χ2v) is 9.08. The minimum Gasteiger partial charge on any atom is -0.493 e. The van der Waals surface area contributed by atoms with Crippen LogP contribution in [0.5, 0.6) is 5.75 Å². The van der Waals surface area contributed by atoms with E-state index < -0.39 is 10.2 Å². The van der Waals surface area contributed by atoms with Gasteiger partial charge in [0.2, 0.25) is 0 Å². The Hall–Kier alpha value is -1.15. The maximum absolute atomic E-state index is 12.9. The van der Waals surface area contributed by atoms with Gasteiger partial charge in [0.15, 0.2) is 0 Å². The topological polar surface area (TPSA) is 53.1 Å². The van der Waals surface area contributed by atoms with Crippen molar-refractivity contribution in [3.05, 3.63) is 29.8 Å². The molecule has 0 radical (unpaired) electrons. The zero-order chi connectivity index (χ0) is 17.9. The quantitative estimate of drug-likeness (QED) is 0.793. The summed E-state index contributed by atoms with van der Waals surface area (Å²) in [5.74, 6) is 1.14. The third kappa shape index (κ3) is 4.53. The predicted molar refractivity (Wildman–Crippen MR) is 99.0 cm³/mol. The number of ether oxygens (including phenoxy) is 1. The van der Waals surface area contributed by atoms with Gasteiger partial charge in [-0.1, -0.05) is 18.2 Å². The molecule has 0 spiro atoms. The highest BCUT2D eigenvalue weighted by molar-refractivity contribution is 7.86. The molecule has 140 valence electrons. The van der Waals surface area contributed by atoms with Crippen molar-refractivity contribution in [2.24, 2.45) is 5.92 Å². The molecule has 3 rings (SSSR count). The van der Waals surface area contributed by atoms with Crippen LogP contribution >= 0.6 is 0 Å². The second-order valence-electron chi connectivity index (χ2n) is 7.15. The van der Waals surface area contributed by atoms with Gasteiger partial charge < -0.3 is 9.64 Å². The molecule has 2 aliphatic rings. The molecule has 0 bridgehead atoms. The molecule has 0 aliphatic carbocycles. The zero-order valence-corrected chi connectivity index (χ0v) is 16.0. The molecule has 1 atom stereocenters. The Labute approximate surface area is 151 Å². The van der Waals surface area contributed by atoms with Gasteiger partial charge in [-0.25, -0.2) is 0 Å². The van der Waals surface area contributed by atoms with Crippen LogP contribution in [-0.2, 0) is 10.2 Å². The van der Waals surface area contributed by atoms with E-state index >= 15 is 0 Å². The molecular weight excluding hydrogens is 338 g/mol. The van der Waals surface area contributed by atoms with Gasteiger partial charge in [0, 0.05) is 45.2 Å². The van der Waals surface area contributed by atoms with Crippen molar-refractivity contribution in [2.75, 3.05) is 52.9 Å². The maximum atomic E-state index is 12.9.